The highest BCUT2D eigenvalue weighted by Crippen LogP contribution is 2.34. The van der Waals surface area contributed by atoms with Crippen LogP contribution in [0.4, 0.5) is 5.82 Å². The van der Waals surface area contributed by atoms with Gasteiger partial charge in [-0.05, 0) is 24.1 Å². The molecule has 0 aliphatic rings. The van der Waals surface area contributed by atoms with Gasteiger partial charge in [0, 0.05) is 11.5 Å². The standard InChI is InChI=1S/C15H18ClN3O4/c1-4-5-9(14(20)21)17-13-8-6-11(22-2)12(23-3)7-10(8)18-15(16)19-13/h6-7,9H,4-5H2,1-3H3,(H,20,21)(H,17,18,19). The minimum absolute atomic E-state index is 0.0212. The highest BCUT2D eigenvalue weighted by molar-refractivity contribution is 6.28. The number of hydrogen-bond acceptors (Lipinski definition) is 6. The highest BCUT2D eigenvalue weighted by Gasteiger charge is 2.19. The van der Waals surface area contributed by atoms with Crippen molar-refractivity contribution in [2.45, 2.75) is 25.8 Å². The normalized spacial score (nSPS) is 12.0. The number of nitrogens with zero attached hydrogens (tertiary/aromatic N) is 2. The number of halogens is 1. The van der Waals surface area contributed by atoms with E-state index < -0.39 is 12.0 Å². The molecular weight excluding hydrogens is 322 g/mol. The molecule has 23 heavy (non-hydrogen) atoms. The number of ether oxygens (including phenoxy) is 2. The van der Waals surface area contributed by atoms with Crippen molar-refractivity contribution in [1.82, 2.24) is 9.97 Å². The van der Waals surface area contributed by atoms with E-state index in [4.69, 9.17) is 21.1 Å². The van der Waals surface area contributed by atoms with Crippen LogP contribution in [-0.4, -0.2) is 41.3 Å². The lowest BCUT2D eigenvalue weighted by Gasteiger charge is -2.17. The summed E-state index contributed by atoms with van der Waals surface area (Å²) >= 11 is 5.95. The molecule has 1 unspecified atom stereocenters. The Morgan fingerprint density at radius 1 is 1.30 bits per heavy atom. The van der Waals surface area contributed by atoms with E-state index in [1.807, 2.05) is 6.92 Å². The summed E-state index contributed by atoms with van der Waals surface area (Å²) in [4.78, 5) is 19.6. The molecule has 1 atom stereocenters. The van der Waals surface area contributed by atoms with Gasteiger partial charge in [-0.15, -0.1) is 0 Å². The molecule has 124 valence electrons. The summed E-state index contributed by atoms with van der Waals surface area (Å²) in [5.74, 6) is 0.400. The number of carboxylic acids is 1. The van der Waals surface area contributed by atoms with Gasteiger partial charge in [0.15, 0.2) is 11.5 Å². The molecule has 0 radical (unpaired) electrons. The van der Waals surface area contributed by atoms with Gasteiger partial charge in [0.05, 0.1) is 19.7 Å². The SMILES string of the molecule is CCCC(Nc1nc(Cl)nc2cc(OC)c(OC)cc12)C(=O)O. The molecule has 2 N–H and O–H groups in total. The second-order valence-electron chi connectivity index (χ2n) is 4.89. The maximum absolute atomic E-state index is 11.4. The van der Waals surface area contributed by atoms with E-state index in [1.165, 1.54) is 14.2 Å². The average molecular weight is 340 g/mol. The van der Waals surface area contributed by atoms with E-state index in [-0.39, 0.29) is 5.28 Å². The van der Waals surface area contributed by atoms with Crippen molar-refractivity contribution in [3.63, 3.8) is 0 Å². The van der Waals surface area contributed by atoms with Crippen LogP contribution in [0.1, 0.15) is 19.8 Å². The van der Waals surface area contributed by atoms with Crippen molar-refractivity contribution in [3.8, 4) is 11.5 Å². The van der Waals surface area contributed by atoms with E-state index in [1.54, 1.807) is 12.1 Å². The predicted molar refractivity (Wildman–Crippen MR) is 87.6 cm³/mol. The minimum atomic E-state index is -0.949. The molecule has 2 rings (SSSR count). The summed E-state index contributed by atoms with van der Waals surface area (Å²) in [5, 5.41) is 12.9. The van der Waals surface area contributed by atoms with Gasteiger partial charge in [-0.1, -0.05) is 13.3 Å². The third-order valence-electron chi connectivity index (χ3n) is 3.36. The first-order chi connectivity index (χ1) is 11.0. The van der Waals surface area contributed by atoms with Crippen molar-refractivity contribution in [2.75, 3.05) is 19.5 Å². The zero-order valence-electron chi connectivity index (χ0n) is 13.1. The molecule has 8 heteroatoms. The number of aliphatic carboxylic acids is 1. The third kappa shape index (κ3) is 3.73. The lowest BCUT2D eigenvalue weighted by molar-refractivity contribution is -0.138. The molecular formula is C15H18ClN3O4. The summed E-state index contributed by atoms with van der Waals surface area (Å²) in [6.07, 6.45) is 1.18. The van der Waals surface area contributed by atoms with Crippen molar-refractivity contribution in [2.24, 2.45) is 0 Å². The predicted octanol–water partition coefficient (Wildman–Crippen LogP) is 2.97. The van der Waals surface area contributed by atoms with Crippen molar-refractivity contribution in [1.29, 1.82) is 0 Å². The number of nitrogens with one attached hydrogen (secondary N) is 1. The van der Waals surface area contributed by atoms with Crippen LogP contribution in [0.2, 0.25) is 5.28 Å². The molecule has 0 saturated carbocycles. The molecule has 0 aliphatic heterocycles. The first kappa shape index (κ1) is 17.1. The highest BCUT2D eigenvalue weighted by atomic mass is 35.5. The minimum Gasteiger partial charge on any atom is -0.493 e. The van der Waals surface area contributed by atoms with Crippen LogP contribution in [0.5, 0.6) is 11.5 Å². The average Bonchev–Trinajstić information content (AvgIpc) is 2.52. The Labute approximate surface area is 138 Å². The Bertz CT molecular complexity index is 723. The van der Waals surface area contributed by atoms with E-state index in [9.17, 15) is 9.90 Å². The van der Waals surface area contributed by atoms with Gasteiger partial charge in [-0.2, -0.15) is 0 Å². The van der Waals surface area contributed by atoms with Crippen molar-refractivity contribution >= 4 is 34.3 Å². The van der Waals surface area contributed by atoms with Crippen LogP contribution in [0.15, 0.2) is 12.1 Å². The van der Waals surface area contributed by atoms with Crippen molar-refractivity contribution in [3.05, 3.63) is 17.4 Å². The van der Waals surface area contributed by atoms with Gasteiger partial charge in [0.2, 0.25) is 5.28 Å². The monoisotopic (exact) mass is 339 g/mol. The number of benzene rings is 1. The largest absolute Gasteiger partial charge is 0.493 e. The van der Waals surface area contributed by atoms with Gasteiger partial charge in [-0.3, -0.25) is 0 Å². The van der Waals surface area contributed by atoms with E-state index in [0.717, 1.165) is 6.42 Å². The first-order valence-corrected chi connectivity index (χ1v) is 7.46. The number of carboxylic acid groups (broad SMARTS) is 1. The Balaban J connectivity index is 2.55. The molecule has 0 aliphatic carbocycles. The van der Waals surface area contributed by atoms with Crippen LogP contribution < -0.4 is 14.8 Å². The van der Waals surface area contributed by atoms with Gasteiger partial charge in [-0.25, -0.2) is 14.8 Å². The fraction of sp³-hybridized carbons (Fsp3) is 0.400. The number of aromatic nitrogens is 2. The molecule has 0 saturated heterocycles. The number of rotatable bonds is 7. The molecule has 0 bridgehead atoms. The number of anilines is 1. The van der Waals surface area contributed by atoms with Crippen LogP contribution in [0.3, 0.4) is 0 Å². The number of methoxy groups -OCH3 is 2. The molecule has 0 fully saturated rings. The zero-order valence-corrected chi connectivity index (χ0v) is 13.8. The van der Waals surface area contributed by atoms with Crippen LogP contribution in [-0.2, 0) is 4.79 Å². The van der Waals surface area contributed by atoms with Gasteiger partial charge in [0.25, 0.3) is 0 Å². The summed E-state index contributed by atoms with van der Waals surface area (Å²) in [6, 6.07) is 2.60. The lowest BCUT2D eigenvalue weighted by Crippen LogP contribution is -2.29. The molecule has 1 aromatic heterocycles. The topological polar surface area (TPSA) is 93.6 Å². The lowest BCUT2D eigenvalue weighted by atomic mass is 10.1. The smallest absolute Gasteiger partial charge is 0.326 e. The second-order valence-corrected chi connectivity index (χ2v) is 5.23. The van der Waals surface area contributed by atoms with Gasteiger partial charge >= 0.3 is 5.97 Å². The molecule has 0 spiro atoms. The third-order valence-corrected chi connectivity index (χ3v) is 3.53. The van der Waals surface area contributed by atoms with Crippen LogP contribution in [0.25, 0.3) is 10.9 Å². The Hall–Kier alpha value is -2.28. The molecule has 7 nitrogen and oxygen atoms in total. The van der Waals surface area contributed by atoms with Gasteiger partial charge < -0.3 is 19.9 Å². The van der Waals surface area contributed by atoms with E-state index in [2.05, 4.69) is 15.3 Å². The number of carbonyl (C=O) groups is 1. The second kappa shape index (κ2) is 7.32. The van der Waals surface area contributed by atoms with Crippen molar-refractivity contribution < 1.29 is 19.4 Å². The maximum Gasteiger partial charge on any atom is 0.326 e. The Morgan fingerprint density at radius 2 is 1.96 bits per heavy atom. The summed E-state index contributed by atoms with van der Waals surface area (Å²) in [7, 11) is 3.04. The summed E-state index contributed by atoms with van der Waals surface area (Å²) in [5.41, 5.74) is 0.533. The molecule has 1 heterocycles. The molecule has 1 aromatic carbocycles. The summed E-state index contributed by atoms with van der Waals surface area (Å²) in [6.45, 7) is 1.91. The van der Waals surface area contributed by atoms with Gasteiger partial charge in [0.1, 0.15) is 11.9 Å². The first-order valence-electron chi connectivity index (χ1n) is 7.08. The van der Waals surface area contributed by atoms with E-state index >= 15 is 0 Å². The zero-order chi connectivity index (χ0) is 17.0. The fourth-order valence-corrected chi connectivity index (χ4v) is 2.42. The van der Waals surface area contributed by atoms with Crippen LogP contribution >= 0.6 is 11.6 Å². The number of hydrogen-bond donors (Lipinski definition) is 2. The summed E-state index contributed by atoms with van der Waals surface area (Å²) < 4.78 is 10.5. The fourth-order valence-electron chi connectivity index (χ4n) is 2.25. The Morgan fingerprint density at radius 3 is 2.52 bits per heavy atom. The quantitative estimate of drug-likeness (QED) is 0.749. The van der Waals surface area contributed by atoms with E-state index in [0.29, 0.717) is 34.6 Å². The Kier molecular flexibility index (Phi) is 5.44. The van der Waals surface area contributed by atoms with Crippen LogP contribution in [0, 0.1) is 0 Å². The molecule has 0 amide bonds. The maximum atomic E-state index is 11.4. The molecule has 2 aromatic rings. The number of fused-ring (bicyclic) bond motifs is 1.